The lowest BCUT2D eigenvalue weighted by atomic mass is 10.1. The Morgan fingerprint density at radius 2 is 2.00 bits per heavy atom. The molecule has 0 fully saturated rings. The number of ketones is 1. The third-order valence-corrected chi connectivity index (χ3v) is 4.09. The molecule has 0 aliphatic heterocycles. The minimum Gasteiger partial charge on any atom is -0.462 e. The Morgan fingerprint density at radius 1 is 1.23 bits per heavy atom. The molecular formula is C20H25NO5. The van der Waals surface area contributed by atoms with Crippen LogP contribution in [0.1, 0.15) is 39.7 Å². The van der Waals surface area contributed by atoms with Gasteiger partial charge in [0.1, 0.15) is 11.5 Å². The molecule has 0 unspecified atom stereocenters. The molecule has 26 heavy (non-hydrogen) atoms. The summed E-state index contributed by atoms with van der Waals surface area (Å²) < 4.78 is 17.5. The molecule has 0 bridgehead atoms. The van der Waals surface area contributed by atoms with E-state index >= 15 is 0 Å². The Balaban J connectivity index is 1.92. The average Bonchev–Trinajstić information content (AvgIpc) is 3.15. The standard InChI is InChI=1S/C20H25NO5/c1-14-12-18(16(3)21(14)10-5-11-24-4)19(22)13-25-20(23)9-8-17-7-6-15(2)26-17/h6-9,12H,5,10-11,13H2,1-4H3/b9-8+. The van der Waals surface area contributed by atoms with Gasteiger partial charge in [0.05, 0.1) is 0 Å². The SMILES string of the molecule is COCCCn1c(C)cc(C(=O)COC(=O)/C=C/c2ccc(C)o2)c1C. The van der Waals surface area contributed by atoms with Crippen molar-refractivity contribution in [1.29, 1.82) is 0 Å². The fourth-order valence-electron chi connectivity index (χ4n) is 2.75. The van der Waals surface area contributed by atoms with E-state index in [1.165, 1.54) is 12.2 Å². The maximum Gasteiger partial charge on any atom is 0.331 e. The van der Waals surface area contributed by atoms with Crippen molar-refractivity contribution in [2.45, 2.75) is 33.7 Å². The molecule has 2 aromatic rings. The highest BCUT2D eigenvalue weighted by atomic mass is 16.5. The average molecular weight is 359 g/mol. The molecule has 0 saturated carbocycles. The maximum absolute atomic E-state index is 12.4. The van der Waals surface area contributed by atoms with Crippen molar-refractivity contribution < 1.29 is 23.5 Å². The van der Waals surface area contributed by atoms with Gasteiger partial charge in [-0.2, -0.15) is 0 Å². The van der Waals surface area contributed by atoms with Gasteiger partial charge in [0.25, 0.3) is 0 Å². The molecule has 6 nitrogen and oxygen atoms in total. The second kappa shape index (κ2) is 9.20. The van der Waals surface area contributed by atoms with Crippen molar-refractivity contribution >= 4 is 17.8 Å². The molecule has 2 rings (SSSR count). The van der Waals surface area contributed by atoms with E-state index in [9.17, 15) is 9.59 Å². The molecule has 0 amide bonds. The topological polar surface area (TPSA) is 70.7 Å². The number of aromatic nitrogens is 1. The van der Waals surface area contributed by atoms with Gasteiger partial charge in [0.2, 0.25) is 5.78 Å². The van der Waals surface area contributed by atoms with Gasteiger partial charge in [-0.25, -0.2) is 4.79 Å². The highest BCUT2D eigenvalue weighted by molar-refractivity contribution is 6.00. The molecule has 0 spiro atoms. The van der Waals surface area contributed by atoms with Crippen molar-refractivity contribution in [3.05, 3.63) is 52.7 Å². The molecule has 0 saturated heterocycles. The number of aryl methyl sites for hydroxylation is 2. The Hall–Kier alpha value is -2.60. The molecule has 6 heteroatoms. The number of methoxy groups -OCH3 is 1. The first kappa shape index (κ1) is 19.7. The van der Waals surface area contributed by atoms with E-state index in [-0.39, 0.29) is 12.4 Å². The maximum atomic E-state index is 12.4. The molecule has 0 radical (unpaired) electrons. The molecular weight excluding hydrogens is 334 g/mol. The van der Waals surface area contributed by atoms with Crippen LogP contribution in [-0.2, 0) is 20.8 Å². The molecule has 140 valence electrons. The van der Waals surface area contributed by atoms with Crippen molar-refractivity contribution in [1.82, 2.24) is 4.57 Å². The minimum atomic E-state index is -0.582. The van der Waals surface area contributed by atoms with Crippen LogP contribution in [0.2, 0.25) is 0 Å². The van der Waals surface area contributed by atoms with Crippen LogP contribution in [-0.4, -0.2) is 36.6 Å². The fraction of sp³-hybridized carbons (Fsp3) is 0.400. The van der Waals surface area contributed by atoms with Gasteiger partial charge in [-0.15, -0.1) is 0 Å². The summed E-state index contributed by atoms with van der Waals surface area (Å²) in [6.45, 7) is 6.83. The number of carbonyl (C=O) groups is 2. The van der Waals surface area contributed by atoms with Crippen molar-refractivity contribution in [3.63, 3.8) is 0 Å². The number of esters is 1. The number of rotatable bonds is 9. The quantitative estimate of drug-likeness (QED) is 0.297. The van der Waals surface area contributed by atoms with E-state index in [1.54, 1.807) is 19.2 Å². The van der Waals surface area contributed by atoms with Crippen molar-refractivity contribution in [3.8, 4) is 0 Å². The molecule has 0 aliphatic rings. The Kier molecular flexibility index (Phi) is 6.97. The van der Waals surface area contributed by atoms with E-state index in [1.807, 2.05) is 26.8 Å². The zero-order chi connectivity index (χ0) is 19.1. The number of ether oxygens (including phenoxy) is 2. The van der Waals surface area contributed by atoms with E-state index in [0.717, 1.165) is 30.1 Å². The first-order chi connectivity index (χ1) is 12.4. The van der Waals surface area contributed by atoms with Crippen LogP contribution in [0, 0.1) is 20.8 Å². The molecule has 2 aromatic heterocycles. The van der Waals surface area contributed by atoms with E-state index < -0.39 is 5.97 Å². The number of Topliss-reactive ketones (excluding diaryl/α,β-unsaturated/α-hetero) is 1. The van der Waals surface area contributed by atoms with Gasteiger partial charge < -0.3 is 18.5 Å². The van der Waals surface area contributed by atoms with Gasteiger partial charge in [0, 0.05) is 43.3 Å². The third kappa shape index (κ3) is 5.20. The largest absolute Gasteiger partial charge is 0.462 e. The third-order valence-electron chi connectivity index (χ3n) is 4.09. The van der Waals surface area contributed by atoms with Gasteiger partial charge in [0.15, 0.2) is 6.61 Å². The zero-order valence-electron chi connectivity index (χ0n) is 15.7. The van der Waals surface area contributed by atoms with Crippen molar-refractivity contribution in [2.24, 2.45) is 0 Å². The first-order valence-electron chi connectivity index (χ1n) is 8.52. The predicted octanol–water partition coefficient (Wildman–Crippen LogP) is 3.48. The molecule has 0 aliphatic carbocycles. The van der Waals surface area contributed by atoms with Crippen LogP contribution in [0.4, 0.5) is 0 Å². The minimum absolute atomic E-state index is 0.216. The Bertz CT molecular complexity index is 797. The second-order valence-electron chi connectivity index (χ2n) is 6.10. The first-order valence-corrected chi connectivity index (χ1v) is 8.52. The smallest absolute Gasteiger partial charge is 0.331 e. The molecule has 0 atom stereocenters. The van der Waals surface area contributed by atoms with Gasteiger partial charge in [-0.3, -0.25) is 4.79 Å². The lowest BCUT2D eigenvalue weighted by molar-refractivity contribution is -0.136. The van der Waals surface area contributed by atoms with Crippen molar-refractivity contribution in [2.75, 3.05) is 20.3 Å². The van der Waals surface area contributed by atoms with Gasteiger partial charge in [-0.05, 0) is 51.5 Å². The molecule has 2 heterocycles. The summed E-state index contributed by atoms with van der Waals surface area (Å²) in [6, 6.07) is 5.39. The number of nitrogens with zero attached hydrogens (tertiary/aromatic N) is 1. The lowest BCUT2D eigenvalue weighted by Gasteiger charge is -2.09. The van der Waals surface area contributed by atoms with Crippen LogP contribution in [0.5, 0.6) is 0 Å². The summed E-state index contributed by atoms with van der Waals surface area (Å²) in [5.74, 6) is 0.521. The predicted molar refractivity (Wildman–Crippen MR) is 98.2 cm³/mol. The van der Waals surface area contributed by atoms with Crippen LogP contribution in [0.3, 0.4) is 0 Å². The fourth-order valence-corrected chi connectivity index (χ4v) is 2.75. The Morgan fingerprint density at radius 3 is 2.65 bits per heavy atom. The van der Waals surface area contributed by atoms with E-state index in [2.05, 4.69) is 4.57 Å². The number of hydrogen-bond acceptors (Lipinski definition) is 5. The number of carbonyl (C=O) groups excluding carboxylic acids is 2. The number of furan rings is 1. The normalized spacial score (nSPS) is 11.2. The summed E-state index contributed by atoms with van der Waals surface area (Å²) in [4.78, 5) is 24.2. The molecule has 0 N–H and O–H groups in total. The van der Waals surface area contributed by atoms with E-state index in [0.29, 0.717) is 17.9 Å². The summed E-state index contributed by atoms with van der Waals surface area (Å²) in [5, 5.41) is 0. The summed E-state index contributed by atoms with van der Waals surface area (Å²) >= 11 is 0. The summed E-state index contributed by atoms with van der Waals surface area (Å²) in [6.07, 6.45) is 3.63. The number of hydrogen-bond donors (Lipinski definition) is 0. The second-order valence-corrected chi connectivity index (χ2v) is 6.10. The van der Waals surface area contributed by atoms with Crippen LogP contribution in [0.15, 0.2) is 28.7 Å². The Labute approximate surface area is 153 Å². The van der Waals surface area contributed by atoms with Crippen LogP contribution < -0.4 is 0 Å². The van der Waals surface area contributed by atoms with Gasteiger partial charge in [-0.1, -0.05) is 0 Å². The van der Waals surface area contributed by atoms with Gasteiger partial charge >= 0.3 is 5.97 Å². The van der Waals surface area contributed by atoms with E-state index in [4.69, 9.17) is 13.9 Å². The monoisotopic (exact) mass is 359 g/mol. The highest BCUT2D eigenvalue weighted by Gasteiger charge is 2.16. The zero-order valence-corrected chi connectivity index (χ0v) is 15.7. The highest BCUT2D eigenvalue weighted by Crippen LogP contribution is 2.16. The van der Waals surface area contributed by atoms with Crippen LogP contribution in [0.25, 0.3) is 6.08 Å². The van der Waals surface area contributed by atoms with Crippen LogP contribution >= 0.6 is 0 Å². The summed E-state index contributed by atoms with van der Waals surface area (Å²) in [5.41, 5.74) is 2.46. The lowest BCUT2D eigenvalue weighted by Crippen LogP contribution is -2.14. The molecule has 0 aromatic carbocycles. The summed E-state index contributed by atoms with van der Waals surface area (Å²) in [7, 11) is 1.67.